The number of para-hydroxylation sites is 1. The van der Waals surface area contributed by atoms with E-state index in [1.807, 2.05) is 49.1 Å². The van der Waals surface area contributed by atoms with Crippen molar-refractivity contribution in [2.24, 2.45) is 0 Å². The second-order valence-electron chi connectivity index (χ2n) is 6.02. The molecular weight excluding hydrogens is 290 g/mol. The minimum atomic E-state index is 0.108. The summed E-state index contributed by atoms with van der Waals surface area (Å²) in [6, 6.07) is 9.70. The first-order valence-electron chi connectivity index (χ1n) is 7.87. The lowest BCUT2D eigenvalue weighted by atomic mass is 10.1. The Hall–Kier alpha value is -2.43. The molecule has 1 aliphatic rings. The van der Waals surface area contributed by atoms with E-state index in [0.717, 1.165) is 35.8 Å². The zero-order valence-corrected chi connectivity index (χ0v) is 13.7. The van der Waals surface area contributed by atoms with Crippen molar-refractivity contribution < 1.29 is 9.53 Å². The smallest absolute Gasteiger partial charge is 0.222 e. The summed E-state index contributed by atoms with van der Waals surface area (Å²) in [6.07, 6.45) is 0.896. The van der Waals surface area contributed by atoms with Crippen LogP contribution in [0.1, 0.15) is 36.3 Å². The number of likely N-dealkylation sites (tertiary alicyclic amines) is 1. The Morgan fingerprint density at radius 1 is 1.26 bits per heavy atom. The molecule has 1 fully saturated rings. The number of hydrogen-bond donors (Lipinski definition) is 0. The van der Waals surface area contributed by atoms with Crippen LogP contribution in [0.4, 0.5) is 0 Å². The SMILES string of the molecule is CC(=O)N1CCC(c2nc(C)cc(Oc3ccccc3C)n2)C1. The molecule has 5 nitrogen and oxygen atoms in total. The second-order valence-corrected chi connectivity index (χ2v) is 6.02. The average molecular weight is 311 g/mol. The molecule has 3 rings (SSSR count). The number of carbonyl (C=O) groups is 1. The zero-order valence-electron chi connectivity index (χ0n) is 13.7. The lowest BCUT2D eigenvalue weighted by molar-refractivity contribution is -0.127. The van der Waals surface area contributed by atoms with Crippen molar-refractivity contribution in [2.45, 2.75) is 33.1 Å². The summed E-state index contributed by atoms with van der Waals surface area (Å²) in [4.78, 5) is 22.5. The van der Waals surface area contributed by atoms with Gasteiger partial charge in [0.25, 0.3) is 0 Å². The third-order valence-electron chi connectivity index (χ3n) is 4.15. The van der Waals surface area contributed by atoms with Crippen LogP contribution < -0.4 is 4.74 Å². The van der Waals surface area contributed by atoms with Crippen LogP contribution in [-0.2, 0) is 4.79 Å². The van der Waals surface area contributed by atoms with Crippen molar-refractivity contribution >= 4 is 5.91 Å². The summed E-state index contributed by atoms with van der Waals surface area (Å²) < 4.78 is 5.93. The number of carbonyl (C=O) groups excluding carboxylic acids is 1. The molecule has 0 bridgehead atoms. The molecular formula is C18H21N3O2. The van der Waals surface area contributed by atoms with E-state index in [9.17, 15) is 4.79 Å². The minimum absolute atomic E-state index is 0.108. The van der Waals surface area contributed by atoms with E-state index in [1.165, 1.54) is 0 Å². The number of aryl methyl sites for hydroxylation is 2. The second kappa shape index (κ2) is 6.36. The molecule has 5 heteroatoms. The van der Waals surface area contributed by atoms with Crippen LogP contribution in [0.2, 0.25) is 0 Å². The van der Waals surface area contributed by atoms with Gasteiger partial charge in [0.1, 0.15) is 11.6 Å². The van der Waals surface area contributed by atoms with Gasteiger partial charge in [-0.1, -0.05) is 18.2 Å². The highest BCUT2D eigenvalue weighted by atomic mass is 16.5. The number of rotatable bonds is 3. The van der Waals surface area contributed by atoms with Gasteiger partial charge in [0.15, 0.2) is 0 Å². The van der Waals surface area contributed by atoms with Crippen LogP contribution >= 0.6 is 0 Å². The highest BCUT2D eigenvalue weighted by Crippen LogP contribution is 2.28. The molecule has 1 amide bonds. The molecule has 23 heavy (non-hydrogen) atoms. The highest BCUT2D eigenvalue weighted by molar-refractivity contribution is 5.73. The normalized spacial score (nSPS) is 17.3. The number of ether oxygens (including phenoxy) is 1. The number of hydrogen-bond acceptors (Lipinski definition) is 4. The van der Waals surface area contributed by atoms with Crippen LogP contribution in [0.25, 0.3) is 0 Å². The quantitative estimate of drug-likeness (QED) is 0.873. The summed E-state index contributed by atoms with van der Waals surface area (Å²) in [5.41, 5.74) is 1.94. The fourth-order valence-electron chi connectivity index (χ4n) is 2.84. The van der Waals surface area contributed by atoms with Crippen LogP contribution in [0.5, 0.6) is 11.6 Å². The van der Waals surface area contributed by atoms with Crippen LogP contribution in [0, 0.1) is 13.8 Å². The fourth-order valence-corrected chi connectivity index (χ4v) is 2.84. The summed E-state index contributed by atoms with van der Waals surface area (Å²) in [5, 5.41) is 0. The molecule has 2 aromatic rings. The standard InChI is InChI=1S/C18H21N3O2/c1-12-6-4-5-7-16(12)23-17-10-13(2)19-18(20-17)15-8-9-21(11-15)14(3)22/h4-7,10,15H,8-9,11H2,1-3H3. The lowest BCUT2D eigenvalue weighted by Gasteiger charge is -2.14. The average Bonchev–Trinajstić information content (AvgIpc) is 2.99. The van der Waals surface area contributed by atoms with Crippen molar-refractivity contribution in [3.05, 3.63) is 47.4 Å². The Bertz CT molecular complexity index is 730. The van der Waals surface area contributed by atoms with E-state index in [1.54, 1.807) is 6.92 Å². The molecule has 1 aromatic heterocycles. The molecule has 1 atom stereocenters. The van der Waals surface area contributed by atoms with Gasteiger partial charge in [0.2, 0.25) is 11.8 Å². The van der Waals surface area contributed by atoms with E-state index in [4.69, 9.17) is 4.74 Å². The van der Waals surface area contributed by atoms with Crippen molar-refractivity contribution in [2.75, 3.05) is 13.1 Å². The largest absolute Gasteiger partial charge is 0.439 e. The third-order valence-corrected chi connectivity index (χ3v) is 4.15. The van der Waals surface area contributed by atoms with Gasteiger partial charge in [-0.2, -0.15) is 4.98 Å². The Morgan fingerprint density at radius 2 is 2.04 bits per heavy atom. The number of benzene rings is 1. The van der Waals surface area contributed by atoms with Gasteiger partial charge >= 0.3 is 0 Å². The van der Waals surface area contributed by atoms with Crippen molar-refractivity contribution in [3.8, 4) is 11.6 Å². The van der Waals surface area contributed by atoms with E-state index in [-0.39, 0.29) is 11.8 Å². The first kappa shape index (κ1) is 15.5. The maximum absolute atomic E-state index is 11.5. The van der Waals surface area contributed by atoms with Crippen molar-refractivity contribution in [1.82, 2.24) is 14.9 Å². The molecule has 0 N–H and O–H groups in total. The van der Waals surface area contributed by atoms with Crippen molar-refractivity contribution in [3.63, 3.8) is 0 Å². The van der Waals surface area contributed by atoms with Gasteiger partial charge in [-0.05, 0) is 31.9 Å². The molecule has 0 spiro atoms. The molecule has 1 unspecified atom stereocenters. The maximum Gasteiger partial charge on any atom is 0.222 e. The van der Waals surface area contributed by atoms with E-state index < -0.39 is 0 Å². The van der Waals surface area contributed by atoms with Crippen LogP contribution in [0.15, 0.2) is 30.3 Å². The minimum Gasteiger partial charge on any atom is -0.439 e. The van der Waals surface area contributed by atoms with Crippen molar-refractivity contribution in [1.29, 1.82) is 0 Å². The number of aromatic nitrogens is 2. The predicted octanol–water partition coefficient (Wildman–Crippen LogP) is 3.22. The first-order valence-corrected chi connectivity index (χ1v) is 7.87. The van der Waals surface area contributed by atoms with E-state index in [2.05, 4.69) is 9.97 Å². The summed E-state index contributed by atoms with van der Waals surface area (Å²) >= 11 is 0. The highest BCUT2D eigenvalue weighted by Gasteiger charge is 2.28. The van der Waals surface area contributed by atoms with Gasteiger partial charge < -0.3 is 9.64 Å². The Balaban J connectivity index is 1.83. The predicted molar refractivity (Wildman–Crippen MR) is 87.6 cm³/mol. The number of nitrogens with zero attached hydrogens (tertiary/aromatic N) is 3. The number of amides is 1. The topological polar surface area (TPSA) is 55.3 Å². The molecule has 2 heterocycles. The van der Waals surface area contributed by atoms with Gasteiger partial charge in [0.05, 0.1) is 0 Å². The molecule has 1 aromatic carbocycles. The van der Waals surface area contributed by atoms with Crippen LogP contribution in [0.3, 0.4) is 0 Å². The lowest BCUT2D eigenvalue weighted by Crippen LogP contribution is -2.25. The Morgan fingerprint density at radius 3 is 2.74 bits per heavy atom. The summed E-state index contributed by atoms with van der Waals surface area (Å²) in [6.45, 7) is 7.00. The van der Waals surface area contributed by atoms with E-state index in [0.29, 0.717) is 12.4 Å². The summed E-state index contributed by atoms with van der Waals surface area (Å²) in [7, 11) is 0. The molecule has 0 radical (unpaired) electrons. The van der Waals surface area contributed by atoms with E-state index >= 15 is 0 Å². The summed E-state index contributed by atoms with van der Waals surface area (Å²) in [5.74, 6) is 2.41. The molecule has 1 aliphatic heterocycles. The third kappa shape index (κ3) is 3.50. The molecule has 0 saturated carbocycles. The Labute approximate surface area is 136 Å². The monoisotopic (exact) mass is 311 g/mol. The van der Waals surface area contributed by atoms with Gasteiger partial charge in [-0.3, -0.25) is 4.79 Å². The Kier molecular flexibility index (Phi) is 4.28. The van der Waals surface area contributed by atoms with Gasteiger partial charge in [-0.25, -0.2) is 4.98 Å². The molecule has 0 aliphatic carbocycles. The molecule has 1 saturated heterocycles. The van der Waals surface area contributed by atoms with Gasteiger partial charge in [-0.15, -0.1) is 0 Å². The maximum atomic E-state index is 11.5. The van der Waals surface area contributed by atoms with Crippen LogP contribution in [-0.4, -0.2) is 33.9 Å². The fraction of sp³-hybridized carbons (Fsp3) is 0.389. The zero-order chi connectivity index (χ0) is 16.4. The van der Waals surface area contributed by atoms with Gasteiger partial charge in [0, 0.05) is 37.7 Å². The first-order chi connectivity index (χ1) is 11.0. The molecule has 120 valence electrons.